The lowest BCUT2D eigenvalue weighted by molar-refractivity contribution is -0.139. The number of amides is 2. The van der Waals surface area contributed by atoms with E-state index in [1.807, 2.05) is 19.2 Å². The predicted octanol–water partition coefficient (Wildman–Crippen LogP) is 2.61. The maximum atomic E-state index is 12.5. The molecule has 116 valence electrons. The van der Waals surface area contributed by atoms with E-state index in [-0.39, 0.29) is 23.8 Å². The van der Waals surface area contributed by atoms with Crippen LogP contribution in [0.15, 0.2) is 16.8 Å². The van der Waals surface area contributed by atoms with E-state index in [0.717, 1.165) is 6.42 Å². The molecule has 2 heterocycles. The van der Waals surface area contributed by atoms with Crippen LogP contribution in [0.4, 0.5) is 0 Å². The van der Waals surface area contributed by atoms with Crippen LogP contribution in [-0.4, -0.2) is 35.8 Å². The average molecular weight is 308 g/mol. The number of nitrogens with zero attached hydrogens (tertiary/aromatic N) is 1. The van der Waals surface area contributed by atoms with Crippen molar-refractivity contribution in [2.45, 2.75) is 45.6 Å². The summed E-state index contributed by atoms with van der Waals surface area (Å²) in [6.07, 6.45) is 1.43. The molecule has 5 heteroatoms. The van der Waals surface area contributed by atoms with Gasteiger partial charge in [-0.3, -0.25) is 9.59 Å². The van der Waals surface area contributed by atoms with Crippen LogP contribution in [0.1, 0.15) is 45.1 Å². The second-order valence-electron chi connectivity index (χ2n) is 6.08. The van der Waals surface area contributed by atoms with E-state index >= 15 is 0 Å². The summed E-state index contributed by atoms with van der Waals surface area (Å²) >= 11 is 1.67. The van der Waals surface area contributed by atoms with E-state index in [1.54, 1.807) is 16.2 Å². The molecule has 21 heavy (non-hydrogen) atoms. The summed E-state index contributed by atoms with van der Waals surface area (Å²) in [6.45, 7) is 7.42. The first kappa shape index (κ1) is 16.0. The van der Waals surface area contributed by atoms with E-state index < -0.39 is 0 Å². The molecule has 2 amide bonds. The van der Waals surface area contributed by atoms with E-state index in [1.165, 1.54) is 5.56 Å². The molecule has 2 rings (SSSR count). The number of hydrogen-bond acceptors (Lipinski definition) is 3. The van der Waals surface area contributed by atoms with Gasteiger partial charge in [0.2, 0.25) is 11.8 Å². The highest BCUT2D eigenvalue weighted by Gasteiger charge is 2.34. The average Bonchev–Trinajstić information content (AvgIpc) is 3.08. The van der Waals surface area contributed by atoms with Gasteiger partial charge in [0, 0.05) is 19.5 Å². The minimum atomic E-state index is -0.338. The zero-order chi connectivity index (χ0) is 15.4. The largest absolute Gasteiger partial charge is 0.354 e. The van der Waals surface area contributed by atoms with Crippen LogP contribution in [0.5, 0.6) is 0 Å². The van der Waals surface area contributed by atoms with Crippen LogP contribution in [0.3, 0.4) is 0 Å². The summed E-state index contributed by atoms with van der Waals surface area (Å²) in [5, 5.41) is 7.18. The Labute approximate surface area is 130 Å². The Hall–Kier alpha value is -1.36. The van der Waals surface area contributed by atoms with Crippen molar-refractivity contribution in [3.63, 3.8) is 0 Å². The van der Waals surface area contributed by atoms with Gasteiger partial charge in [0.05, 0.1) is 0 Å². The van der Waals surface area contributed by atoms with Crippen LogP contribution in [0, 0.1) is 5.92 Å². The van der Waals surface area contributed by atoms with Crippen molar-refractivity contribution in [2.24, 2.45) is 5.92 Å². The van der Waals surface area contributed by atoms with Gasteiger partial charge in [-0.15, -0.1) is 0 Å². The van der Waals surface area contributed by atoms with Crippen LogP contribution >= 0.6 is 11.3 Å². The molecule has 0 radical (unpaired) electrons. The zero-order valence-electron chi connectivity index (χ0n) is 13.0. The van der Waals surface area contributed by atoms with Gasteiger partial charge >= 0.3 is 0 Å². The van der Waals surface area contributed by atoms with Crippen molar-refractivity contribution < 1.29 is 9.59 Å². The van der Waals surface area contributed by atoms with Gasteiger partial charge in [-0.05, 0) is 40.6 Å². The molecule has 4 nitrogen and oxygen atoms in total. The molecule has 0 bridgehead atoms. The predicted molar refractivity (Wildman–Crippen MR) is 85.3 cm³/mol. The maximum Gasteiger partial charge on any atom is 0.243 e. The monoisotopic (exact) mass is 308 g/mol. The third kappa shape index (κ3) is 3.84. The molecule has 1 aliphatic rings. The molecule has 0 saturated carbocycles. The van der Waals surface area contributed by atoms with Crippen molar-refractivity contribution >= 4 is 23.2 Å². The zero-order valence-corrected chi connectivity index (χ0v) is 13.8. The van der Waals surface area contributed by atoms with Gasteiger partial charge in [0.15, 0.2) is 0 Å². The minimum absolute atomic E-state index is 0.0256. The molecule has 0 unspecified atom stereocenters. The molecular weight excluding hydrogens is 284 g/mol. The first-order chi connectivity index (χ1) is 10.0. The Kier molecular flexibility index (Phi) is 5.39. The molecule has 1 aromatic rings. The summed E-state index contributed by atoms with van der Waals surface area (Å²) in [5.41, 5.74) is 1.25. The molecule has 0 aliphatic carbocycles. The van der Waals surface area contributed by atoms with Crippen molar-refractivity contribution in [1.29, 1.82) is 0 Å². The molecule has 1 saturated heterocycles. The number of nitrogens with one attached hydrogen (secondary N) is 1. The van der Waals surface area contributed by atoms with Crippen molar-refractivity contribution in [1.82, 2.24) is 10.2 Å². The number of likely N-dealkylation sites (tertiary alicyclic amines) is 1. The van der Waals surface area contributed by atoms with Gasteiger partial charge in [-0.25, -0.2) is 0 Å². The Bertz CT molecular complexity index is 484. The van der Waals surface area contributed by atoms with E-state index in [0.29, 0.717) is 25.4 Å². The van der Waals surface area contributed by atoms with Gasteiger partial charge in [0.25, 0.3) is 0 Å². The van der Waals surface area contributed by atoms with Crippen LogP contribution in [0.25, 0.3) is 0 Å². The van der Waals surface area contributed by atoms with Gasteiger partial charge in [-0.2, -0.15) is 11.3 Å². The highest BCUT2D eigenvalue weighted by atomic mass is 32.1. The Balaban J connectivity index is 1.94. The van der Waals surface area contributed by atoms with Crippen LogP contribution < -0.4 is 5.32 Å². The van der Waals surface area contributed by atoms with Gasteiger partial charge in [0.1, 0.15) is 6.04 Å². The number of carbonyl (C=O) groups is 2. The molecule has 1 aromatic heterocycles. The van der Waals surface area contributed by atoms with E-state index in [2.05, 4.69) is 23.7 Å². The number of carbonyl (C=O) groups excluding carboxylic acids is 2. The molecular formula is C16H24N2O2S. The summed E-state index contributed by atoms with van der Waals surface area (Å²) in [4.78, 5) is 26.1. The normalized spacial score (nSPS) is 18.1. The lowest BCUT2D eigenvalue weighted by atomic mass is 10.0. The van der Waals surface area contributed by atoms with Gasteiger partial charge < -0.3 is 10.2 Å². The first-order valence-corrected chi connectivity index (χ1v) is 8.54. The highest BCUT2D eigenvalue weighted by molar-refractivity contribution is 7.07. The molecule has 1 aliphatic heterocycles. The summed E-state index contributed by atoms with van der Waals surface area (Å²) in [7, 11) is 0. The Morgan fingerprint density at radius 1 is 1.43 bits per heavy atom. The lowest BCUT2D eigenvalue weighted by Gasteiger charge is -2.30. The number of rotatable bonds is 6. The minimum Gasteiger partial charge on any atom is -0.354 e. The third-order valence-corrected chi connectivity index (χ3v) is 4.74. The summed E-state index contributed by atoms with van der Waals surface area (Å²) in [5.74, 6) is 0.503. The lowest BCUT2D eigenvalue weighted by Crippen LogP contribution is -2.50. The molecule has 0 spiro atoms. The second kappa shape index (κ2) is 7.07. The van der Waals surface area contributed by atoms with E-state index in [9.17, 15) is 9.59 Å². The molecule has 2 atom stereocenters. The fourth-order valence-corrected chi connectivity index (χ4v) is 3.58. The fourth-order valence-electron chi connectivity index (χ4n) is 2.80. The Morgan fingerprint density at radius 2 is 2.19 bits per heavy atom. The number of hydrogen-bond donors (Lipinski definition) is 1. The van der Waals surface area contributed by atoms with E-state index in [4.69, 9.17) is 0 Å². The SMILES string of the molecule is CC(C)[C@@H](C(=O)NC[C@H](C)c1ccsc1)N1CCCC1=O. The van der Waals surface area contributed by atoms with Gasteiger partial charge in [-0.1, -0.05) is 20.8 Å². The summed E-state index contributed by atoms with van der Waals surface area (Å²) in [6, 6.07) is 1.75. The maximum absolute atomic E-state index is 12.5. The topological polar surface area (TPSA) is 49.4 Å². The highest BCUT2D eigenvalue weighted by Crippen LogP contribution is 2.20. The standard InChI is InChI=1S/C16H24N2O2S/c1-11(2)15(18-7-4-5-14(18)19)16(20)17-9-12(3)13-6-8-21-10-13/h6,8,10-12,15H,4-5,7,9H2,1-3H3,(H,17,20)/t12-,15-/m0/s1. The second-order valence-corrected chi connectivity index (χ2v) is 6.86. The first-order valence-electron chi connectivity index (χ1n) is 7.60. The fraction of sp³-hybridized carbons (Fsp3) is 0.625. The molecule has 1 fully saturated rings. The molecule has 1 N–H and O–H groups in total. The third-order valence-electron chi connectivity index (χ3n) is 4.04. The van der Waals surface area contributed by atoms with Crippen LogP contribution in [0.2, 0.25) is 0 Å². The molecule has 0 aromatic carbocycles. The Morgan fingerprint density at radius 3 is 2.71 bits per heavy atom. The van der Waals surface area contributed by atoms with Crippen molar-refractivity contribution in [3.05, 3.63) is 22.4 Å². The van der Waals surface area contributed by atoms with Crippen molar-refractivity contribution in [3.8, 4) is 0 Å². The number of thiophene rings is 1. The van der Waals surface area contributed by atoms with Crippen molar-refractivity contribution in [2.75, 3.05) is 13.1 Å². The van der Waals surface area contributed by atoms with Crippen LogP contribution in [-0.2, 0) is 9.59 Å². The summed E-state index contributed by atoms with van der Waals surface area (Å²) < 4.78 is 0. The quantitative estimate of drug-likeness (QED) is 0.878. The smallest absolute Gasteiger partial charge is 0.243 e.